The number of benzene rings is 2. The molecule has 3 amide bonds. The van der Waals surface area contributed by atoms with Gasteiger partial charge in [0.15, 0.2) is 0 Å². The third kappa shape index (κ3) is 2.21. The van der Waals surface area contributed by atoms with Crippen LogP contribution < -0.4 is 4.90 Å². The van der Waals surface area contributed by atoms with Gasteiger partial charge in [0.2, 0.25) is 0 Å². The summed E-state index contributed by atoms with van der Waals surface area (Å²) in [5.41, 5.74) is 1.03. The maximum atomic E-state index is 13.3. The molecular weight excluding hydrogens is 300 g/mol. The molecule has 4 nitrogen and oxygen atoms in total. The van der Waals surface area contributed by atoms with E-state index < -0.39 is 5.54 Å². The number of fused-ring (bicyclic) bond motifs is 1. The van der Waals surface area contributed by atoms with Gasteiger partial charge in [0.25, 0.3) is 5.91 Å². The summed E-state index contributed by atoms with van der Waals surface area (Å²) in [5.74, 6) is -0.0812. The lowest BCUT2D eigenvalue weighted by atomic mass is 9.81. The lowest BCUT2D eigenvalue weighted by Gasteiger charge is -2.39. The summed E-state index contributed by atoms with van der Waals surface area (Å²) in [6.07, 6.45) is 3.25. The van der Waals surface area contributed by atoms with Crippen LogP contribution >= 0.6 is 0 Å². The van der Waals surface area contributed by atoms with Gasteiger partial charge in [-0.3, -0.25) is 4.79 Å². The Kier molecular flexibility index (Phi) is 3.60. The Morgan fingerprint density at radius 2 is 1.54 bits per heavy atom. The van der Waals surface area contributed by atoms with E-state index in [0.717, 1.165) is 24.8 Å². The van der Waals surface area contributed by atoms with Crippen LogP contribution in [0.15, 0.2) is 60.7 Å². The van der Waals surface area contributed by atoms with Crippen molar-refractivity contribution in [3.8, 4) is 0 Å². The van der Waals surface area contributed by atoms with Crippen molar-refractivity contribution >= 4 is 17.6 Å². The number of carbonyl (C=O) groups excluding carboxylic acids is 2. The third-order valence-corrected chi connectivity index (χ3v) is 5.12. The summed E-state index contributed by atoms with van der Waals surface area (Å²) in [4.78, 5) is 29.5. The number of amides is 3. The zero-order chi connectivity index (χ0) is 16.6. The molecule has 2 aromatic carbocycles. The summed E-state index contributed by atoms with van der Waals surface area (Å²) >= 11 is 0. The molecule has 4 heteroatoms. The molecular formula is C20H20N2O2. The van der Waals surface area contributed by atoms with Crippen LogP contribution in [-0.4, -0.2) is 28.9 Å². The van der Waals surface area contributed by atoms with E-state index in [0.29, 0.717) is 18.7 Å². The smallest absolute Gasteiger partial charge is 0.309 e. The predicted octanol–water partition coefficient (Wildman–Crippen LogP) is 3.62. The molecule has 2 aliphatic heterocycles. The van der Waals surface area contributed by atoms with Crippen LogP contribution in [0.3, 0.4) is 0 Å². The molecule has 2 aliphatic rings. The van der Waals surface area contributed by atoms with Gasteiger partial charge in [-0.25, -0.2) is 9.69 Å². The van der Waals surface area contributed by atoms with Crippen molar-refractivity contribution in [1.82, 2.24) is 4.90 Å². The van der Waals surface area contributed by atoms with Crippen LogP contribution in [0.2, 0.25) is 0 Å². The minimum Gasteiger partial charge on any atom is -0.309 e. The highest BCUT2D eigenvalue weighted by Gasteiger charge is 2.58. The molecule has 0 N–H and O–H groups in total. The zero-order valence-corrected chi connectivity index (χ0v) is 13.5. The SMILES string of the molecule is O=C1N(c2ccccc2)C(=O)C2(Cc3ccccc3)CCCCN12. The van der Waals surface area contributed by atoms with E-state index in [9.17, 15) is 9.59 Å². The molecule has 122 valence electrons. The molecule has 0 saturated carbocycles. The summed E-state index contributed by atoms with van der Waals surface area (Å²) in [5, 5.41) is 0. The number of urea groups is 1. The molecule has 1 unspecified atom stereocenters. The molecule has 2 heterocycles. The lowest BCUT2D eigenvalue weighted by Crippen LogP contribution is -2.54. The fourth-order valence-electron chi connectivity index (χ4n) is 3.95. The van der Waals surface area contributed by atoms with E-state index >= 15 is 0 Å². The van der Waals surface area contributed by atoms with Crippen molar-refractivity contribution < 1.29 is 9.59 Å². The number of nitrogens with zero attached hydrogens (tertiary/aromatic N) is 2. The van der Waals surface area contributed by atoms with Gasteiger partial charge in [0.05, 0.1) is 5.69 Å². The number of hydrogen-bond acceptors (Lipinski definition) is 2. The number of imide groups is 1. The van der Waals surface area contributed by atoms with E-state index in [4.69, 9.17) is 0 Å². The average Bonchev–Trinajstić information content (AvgIpc) is 2.84. The molecule has 4 rings (SSSR count). The number of piperidine rings is 1. The molecule has 2 saturated heterocycles. The van der Waals surface area contributed by atoms with Gasteiger partial charge in [0.1, 0.15) is 5.54 Å². The largest absolute Gasteiger partial charge is 0.332 e. The van der Waals surface area contributed by atoms with Gasteiger partial charge < -0.3 is 4.90 Å². The number of hydrogen-bond donors (Lipinski definition) is 0. The molecule has 24 heavy (non-hydrogen) atoms. The Balaban J connectivity index is 1.76. The predicted molar refractivity (Wildman–Crippen MR) is 92.8 cm³/mol. The summed E-state index contributed by atoms with van der Waals surface area (Å²) in [7, 11) is 0. The summed E-state index contributed by atoms with van der Waals surface area (Å²) < 4.78 is 0. The Morgan fingerprint density at radius 3 is 2.25 bits per heavy atom. The van der Waals surface area contributed by atoms with Crippen LogP contribution in [0, 0.1) is 0 Å². The average molecular weight is 320 g/mol. The van der Waals surface area contributed by atoms with Gasteiger partial charge in [-0.1, -0.05) is 48.5 Å². The van der Waals surface area contributed by atoms with Gasteiger partial charge in [-0.05, 0) is 37.0 Å². The first-order chi connectivity index (χ1) is 11.7. The number of carbonyl (C=O) groups is 2. The highest BCUT2D eigenvalue weighted by Crippen LogP contribution is 2.40. The van der Waals surface area contributed by atoms with Crippen LogP contribution in [0.25, 0.3) is 0 Å². The molecule has 0 aliphatic carbocycles. The van der Waals surface area contributed by atoms with Crippen LogP contribution in [-0.2, 0) is 11.2 Å². The lowest BCUT2D eigenvalue weighted by molar-refractivity contribution is -0.126. The fraction of sp³-hybridized carbons (Fsp3) is 0.300. The van der Waals surface area contributed by atoms with Crippen molar-refractivity contribution in [2.75, 3.05) is 11.4 Å². The minimum absolute atomic E-state index is 0.0812. The molecule has 2 aromatic rings. The van der Waals surface area contributed by atoms with E-state index in [1.165, 1.54) is 4.90 Å². The molecule has 0 radical (unpaired) electrons. The summed E-state index contributed by atoms with van der Waals surface area (Å²) in [6, 6.07) is 19.1. The van der Waals surface area contributed by atoms with Crippen molar-refractivity contribution in [1.29, 1.82) is 0 Å². The molecule has 0 bridgehead atoms. The Bertz CT molecular complexity index is 760. The highest BCUT2D eigenvalue weighted by molar-refractivity contribution is 6.23. The summed E-state index contributed by atoms with van der Waals surface area (Å²) in [6.45, 7) is 0.654. The van der Waals surface area contributed by atoms with Crippen molar-refractivity contribution in [3.05, 3.63) is 66.2 Å². The Labute approximate surface area is 141 Å². The van der Waals surface area contributed by atoms with E-state index in [1.54, 1.807) is 4.90 Å². The monoisotopic (exact) mass is 320 g/mol. The first-order valence-corrected chi connectivity index (χ1v) is 8.47. The normalized spacial score (nSPS) is 23.5. The number of anilines is 1. The highest BCUT2D eigenvalue weighted by atomic mass is 16.2. The first-order valence-electron chi connectivity index (χ1n) is 8.47. The van der Waals surface area contributed by atoms with Crippen molar-refractivity contribution in [3.63, 3.8) is 0 Å². The van der Waals surface area contributed by atoms with Gasteiger partial charge in [0, 0.05) is 13.0 Å². The second kappa shape index (κ2) is 5.78. The molecule has 2 fully saturated rings. The standard InChI is InChI=1S/C20H20N2O2/c23-18-20(15-16-9-3-1-4-10-16)13-7-8-14-21(20)19(24)22(18)17-11-5-2-6-12-17/h1-6,9-12H,7-8,13-15H2. The minimum atomic E-state index is -0.730. The molecule has 1 atom stereocenters. The third-order valence-electron chi connectivity index (χ3n) is 5.12. The molecule has 0 aromatic heterocycles. The van der Waals surface area contributed by atoms with Gasteiger partial charge in [-0.2, -0.15) is 0 Å². The first kappa shape index (κ1) is 14.9. The Morgan fingerprint density at radius 1 is 0.875 bits per heavy atom. The number of para-hydroxylation sites is 1. The van der Waals surface area contributed by atoms with Crippen molar-refractivity contribution in [2.24, 2.45) is 0 Å². The Hall–Kier alpha value is -2.62. The topological polar surface area (TPSA) is 40.6 Å². The van der Waals surface area contributed by atoms with Crippen molar-refractivity contribution in [2.45, 2.75) is 31.2 Å². The van der Waals surface area contributed by atoms with Gasteiger partial charge >= 0.3 is 6.03 Å². The van der Waals surface area contributed by atoms with E-state index in [1.807, 2.05) is 60.7 Å². The van der Waals surface area contributed by atoms with Crippen LogP contribution in [0.1, 0.15) is 24.8 Å². The zero-order valence-electron chi connectivity index (χ0n) is 13.5. The van der Waals surface area contributed by atoms with E-state index in [-0.39, 0.29) is 11.9 Å². The van der Waals surface area contributed by atoms with Crippen LogP contribution in [0.4, 0.5) is 10.5 Å². The maximum Gasteiger partial charge on any atom is 0.332 e. The second-order valence-corrected chi connectivity index (χ2v) is 6.56. The molecule has 0 spiro atoms. The quantitative estimate of drug-likeness (QED) is 0.811. The van der Waals surface area contributed by atoms with Gasteiger partial charge in [-0.15, -0.1) is 0 Å². The maximum absolute atomic E-state index is 13.3. The fourth-order valence-corrected chi connectivity index (χ4v) is 3.95. The van der Waals surface area contributed by atoms with E-state index in [2.05, 4.69) is 0 Å². The number of rotatable bonds is 3. The second-order valence-electron chi connectivity index (χ2n) is 6.56. The van der Waals surface area contributed by atoms with Crippen LogP contribution in [0.5, 0.6) is 0 Å².